The molecule has 2 aromatic carbocycles. The zero-order chi connectivity index (χ0) is 33.5. The molecule has 254 valence electrons. The molecule has 4 heterocycles. The maximum atomic E-state index is 14.3. The molecule has 2 aliphatic heterocycles. The summed E-state index contributed by atoms with van der Waals surface area (Å²) in [7, 11) is -4.24. The van der Waals surface area contributed by atoms with Crippen LogP contribution < -0.4 is 20.9 Å². The summed E-state index contributed by atoms with van der Waals surface area (Å²) in [4.78, 5) is 36.5. The number of H-pyrrole nitrogens is 1. The van der Waals surface area contributed by atoms with Crippen LogP contribution in [0.15, 0.2) is 71.8 Å². The Morgan fingerprint density at radius 2 is 1.88 bits per heavy atom. The number of nitrogens with zero attached hydrogens (tertiary/aromatic N) is 3. The Kier molecular flexibility index (Phi) is 8.60. The highest BCUT2D eigenvalue weighted by Crippen LogP contribution is 2.56. The number of anilines is 1. The third-order valence-electron chi connectivity index (χ3n) is 8.82. The number of carbonyl (C=O) groups excluding carboxylic acids is 1. The van der Waals surface area contributed by atoms with E-state index in [2.05, 4.69) is 20.0 Å². The van der Waals surface area contributed by atoms with Crippen molar-refractivity contribution in [3.8, 4) is 5.75 Å². The lowest BCUT2D eigenvalue weighted by molar-refractivity contribution is -0.231. The normalized spacial score (nSPS) is 26.3. The largest absolute Gasteiger partial charge is 0.460 e. The maximum absolute atomic E-state index is 14.3. The molecule has 2 saturated heterocycles. The van der Waals surface area contributed by atoms with Gasteiger partial charge in [0.1, 0.15) is 36.2 Å². The number of hydrogen-bond acceptors (Lipinski definition) is 12. The van der Waals surface area contributed by atoms with Gasteiger partial charge in [0, 0.05) is 12.8 Å². The first-order valence-electron chi connectivity index (χ1n) is 15.8. The van der Waals surface area contributed by atoms with E-state index >= 15 is 0 Å². The number of esters is 1. The molecule has 0 amide bonds. The van der Waals surface area contributed by atoms with E-state index in [0.717, 1.165) is 18.4 Å². The van der Waals surface area contributed by atoms with Crippen LogP contribution in [0.3, 0.4) is 0 Å². The average Bonchev–Trinajstić information content (AvgIpc) is 3.82. The summed E-state index contributed by atoms with van der Waals surface area (Å²) in [5.74, 6) is -1.29. The number of carbonyl (C=O) groups is 1. The van der Waals surface area contributed by atoms with Crippen molar-refractivity contribution in [2.24, 2.45) is 0 Å². The summed E-state index contributed by atoms with van der Waals surface area (Å²) >= 11 is 0. The Bertz CT molecular complexity index is 1880. The fourth-order valence-electron chi connectivity index (χ4n) is 6.58. The van der Waals surface area contributed by atoms with Gasteiger partial charge >= 0.3 is 13.7 Å². The number of rotatable bonds is 11. The quantitative estimate of drug-likeness (QED) is 0.152. The van der Waals surface area contributed by atoms with Crippen molar-refractivity contribution >= 4 is 30.8 Å². The number of ether oxygens (including phenoxy) is 4. The third kappa shape index (κ3) is 6.25. The summed E-state index contributed by atoms with van der Waals surface area (Å²) < 4.78 is 53.1. The standard InChI is InChI=1S/C32H37N6O9P/c1-20(28(40)42-17-21-11-5-3-6-12-21)37-48(41,46-22-13-7-4-8-14-22)43-18-23-25-31(2,47-32(45-25)15-9-10-16-32)29(44-23)38-19-34-24-26(38)35-30(33)36-27(24)39/h3-8,11-14,19-20,23,25,29H,9-10,15-18H2,1-2H3,(H,37,41)(H3,33,35,36,39)/t20-,23+,25?,29+,31?,48?/m0/s1. The molecule has 1 aliphatic carbocycles. The van der Waals surface area contributed by atoms with Crippen LogP contribution in [0.5, 0.6) is 5.75 Å². The van der Waals surface area contributed by atoms with Gasteiger partial charge in [-0.2, -0.15) is 10.1 Å². The van der Waals surface area contributed by atoms with Crippen LogP contribution in [0.1, 0.15) is 51.3 Å². The Balaban J connectivity index is 1.14. The molecule has 1 saturated carbocycles. The number of nitrogens with one attached hydrogen (secondary N) is 2. The monoisotopic (exact) mass is 680 g/mol. The summed E-state index contributed by atoms with van der Waals surface area (Å²) in [5.41, 5.74) is 5.39. The average molecular weight is 681 g/mol. The van der Waals surface area contributed by atoms with Gasteiger partial charge in [-0.1, -0.05) is 48.5 Å². The third-order valence-corrected chi connectivity index (χ3v) is 10.5. The summed E-state index contributed by atoms with van der Waals surface area (Å²) in [6.07, 6.45) is 2.30. The number of fused-ring (bicyclic) bond motifs is 2. The number of hydrogen-bond donors (Lipinski definition) is 3. The van der Waals surface area contributed by atoms with Gasteiger partial charge in [0.15, 0.2) is 23.2 Å². The van der Waals surface area contributed by atoms with Gasteiger partial charge in [-0.25, -0.2) is 9.55 Å². The smallest absolute Gasteiger partial charge is 0.459 e. The van der Waals surface area contributed by atoms with Crippen molar-refractivity contribution in [2.45, 2.75) is 82.0 Å². The molecule has 16 heteroatoms. The Hall–Kier alpha value is -4.11. The Labute approximate surface area is 275 Å². The van der Waals surface area contributed by atoms with Gasteiger partial charge < -0.3 is 29.2 Å². The number of aromatic nitrogens is 4. The first kappa shape index (κ1) is 32.4. The molecule has 48 heavy (non-hydrogen) atoms. The van der Waals surface area contributed by atoms with E-state index in [1.54, 1.807) is 34.9 Å². The van der Waals surface area contributed by atoms with Crippen LogP contribution in [0.25, 0.3) is 11.2 Å². The second-order valence-corrected chi connectivity index (χ2v) is 14.1. The minimum atomic E-state index is -4.24. The lowest BCUT2D eigenvalue weighted by atomic mass is 9.96. The molecule has 0 bridgehead atoms. The lowest BCUT2D eigenvalue weighted by Gasteiger charge is -2.31. The molecular weight excluding hydrogens is 643 g/mol. The molecule has 15 nitrogen and oxygen atoms in total. The van der Waals surface area contributed by atoms with Gasteiger partial charge in [-0.05, 0) is 44.4 Å². The maximum Gasteiger partial charge on any atom is 0.459 e. The number of aromatic amines is 1. The van der Waals surface area contributed by atoms with Crippen molar-refractivity contribution in [1.82, 2.24) is 24.6 Å². The van der Waals surface area contributed by atoms with Crippen molar-refractivity contribution in [1.29, 1.82) is 0 Å². The van der Waals surface area contributed by atoms with Crippen LogP contribution >= 0.6 is 7.75 Å². The minimum Gasteiger partial charge on any atom is -0.460 e. The van der Waals surface area contributed by atoms with Gasteiger partial charge in [0.2, 0.25) is 5.95 Å². The molecule has 1 spiro atoms. The Morgan fingerprint density at radius 3 is 2.60 bits per heavy atom. The fraction of sp³-hybridized carbons (Fsp3) is 0.438. The Morgan fingerprint density at radius 1 is 1.17 bits per heavy atom. The predicted molar refractivity (Wildman–Crippen MR) is 171 cm³/mol. The van der Waals surface area contributed by atoms with Gasteiger partial charge in [0.05, 0.1) is 12.9 Å². The first-order valence-corrected chi connectivity index (χ1v) is 17.3. The zero-order valence-corrected chi connectivity index (χ0v) is 27.3. The SMILES string of the molecule is C[C@H](NP(=O)(OC[C@H]1O[C@@H](n2cnc3c(=O)[nH]c(N)nc32)C2(C)OC3(CCCC3)OC12)Oc1ccccc1)C(=O)OCc1ccccc1. The van der Waals surface area contributed by atoms with Crippen molar-refractivity contribution in [2.75, 3.05) is 12.3 Å². The molecule has 3 aliphatic rings. The highest BCUT2D eigenvalue weighted by atomic mass is 31.2. The van der Waals surface area contributed by atoms with Gasteiger partial charge in [-0.3, -0.25) is 23.7 Å². The summed E-state index contributed by atoms with van der Waals surface area (Å²) in [6.45, 7) is 3.14. The molecule has 2 aromatic heterocycles. The van der Waals surface area contributed by atoms with Crippen molar-refractivity contribution in [3.63, 3.8) is 0 Å². The molecule has 3 unspecified atom stereocenters. The van der Waals surface area contributed by atoms with E-state index in [9.17, 15) is 14.2 Å². The van der Waals surface area contributed by atoms with Crippen LogP contribution in [0.2, 0.25) is 0 Å². The number of para-hydroxylation sites is 1. The zero-order valence-electron chi connectivity index (χ0n) is 26.4. The molecule has 4 aromatic rings. The number of benzene rings is 2. The molecule has 7 rings (SSSR count). The van der Waals surface area contributed by atoms with E-state index in [1.165, 1.54) is 13.3 Å². The summed E-state index contributed by atoms with van der Waals surface area (Å²) in [6, 6.07) is 16.6. The van der Waals surface area contributed by atoms with E-state index in [1.807, 2.05) is 37.3 Å². The highest BCUT2D eigenvalue weighted by molar-refractivity contribution is 7.52. The van der Waals surface area contributed by atoms with E-state index in [-0.39, 0.29) is 36.1 Å². The minimum absolute atomic E-state index is 0.0440. The van der Waals surface area contributed by atoms with Crippen LogP contribution in [-0.4, -0.2) is 61.7 Å². The number of nitrogen functional groups attached to an aromatic ring is 1. The van der Waals surface area contributed by atoms with E-state index in [4.69, 9.17) is 33.7 Å². The van der Waals surface area contributed by atoms with Crippen LogP contribution in [-0.2, 0) is 39.4 Å². The molecule has 4 N–H and O–H groups in total. The lowest BCUT2D eigenvalue weighted by Crippen LogP contribution is -2.42. The second kappa shape index (κ2) is 12.7. The van der Waals surface area contributed by atoms with Crippen LogP contribution in [0.4, 0.5) is 5.95 Å². The number of imidazole rings is 1. The summed E-state index contributed by atoms with van der Waals surface area (Å²) in [5, 5.41) is 2.73. The molecule has 3 fully saturated rings. The number of nitrogens with two attached hydrogens (primary N) is 1. The van der Waals surface area contributed by atoms with Gasteiger partial charge in [0.25, 0.3) is 5.56 Å². The molecule has 6 atom stereocenters. The van der Waals surface area contributed by atoms with Crippen LogP contribution in [0, 0.1) is 0 Å². The van der Waals surface area contributed by atoms with E-state index in [0.29, 0.717) is 12.8 Å². The highest BCUT2D eigenvalue weighted by Gasteiger charge is 2.67. The predicted octanol–water partition coefficient (Wildman–Crippen LogP) is 3.97. The second-order valence-electron chi connectivity index (χ2n) is 12.4. The van der Waals surface area contributed by atoms with Crippen molar-refractivity contribution in [3.05, 3.63) is 82.9 Å². The fourth-order valence-corrected chi connectivity index (χ4v) is 8.08. The van der Waals surface area contributed by atoms with Gasteiger partial charge in [-0.15, -0.1) is 0 Å². The molecule has 0 radical (unpaired) electrons. The first-order chi connectivity index (χ1) is 23.1. The molecular formula is C32H37N6O9P. The van der Waals surface area contributed by atoms with E-state index < -0.39 is 55.1 Å². The van der Waals surface area contributed by atoms with Crippen molar-refractivity contribution < 1.29 is 37.4 Å². The topological polar surface area (TPSA) is 191 Å².